The lowest BCUT2D eigenvalue weighted by Gasteiger charge is -2.21. The lowest BCUT2D eigenvalue weighted by Crippen LogP contribution is -2.22. The SMILES string of the molecule is CCOC1(C)C=CCC1. The maximum atomic E-state index is 5.50. The van der Waals surface area contributed by atoms with E-state index in [1.807, 2.05) is 6.92 Å². The molecule has 1 nitrogen and oxygen atoms in total. The Morgan fingerprint density at radius 2 is 2.44 bits per heavy atom. The molecule has 1 atom stereocenters. The zero-order valence-corrected chi connectivity index (χ0v) is 6.18. The van der Waals surface area contributed by atoms with E-state index in [-0.39, 0.29) is 5.60 Å². The van der Waals surface area contributed by atoms with Crippen LogP contribution >= 0.6 is 0 Å². The molecular weight excluding hydrogens is 112 g/mol. The van der Waals surface area contributed by atoms with Crippen LogP contribution in [0.25, 0.3) is 0 Å². The van der Waals surface area contributed by atoms with Crippen LogP contribution in [0.4, 0.5) is 0 Å². The van der Waals surface area contributed by atoms with E-state index in [4.69, 9.17) is 4.74 Å². The molecule has 1 rings (SSSR count). The summed E-state index contributed by atoms with van der Waals surface area (Å²) in [4.78, 5) is 0. The summed E-state index contributed by atoms with van der Waals surface area (Å²) >= 11 is 0. The quantitative estimate of drug-likeness (QED) is 0.515. The topological polar surface area (TPSA) is 9.23 Å². The van der Waals surface area contributed by atoms with Gasteiger partial charge >= 0.3 is 0 Å². The van der Waals surface area contributed by atoms with Gasteiger partial charge in [-0.2, -0.15) is 0 Å². The second kappa shape index (κ2) is 2.53. The first-order valence-corrected chi connectivity index (χ1v) is 3.58. The molecule has 0 bridgehead atoms. The molecule has 0 spiro atoms. The van der Waals surface area contributed by atoms with Gasteiger partial charge in [0.1, 0.15) is 0 Å². The van der Waals surface area contributed by atoms with E-state index in [1.54, 1.807) is 0 Å². The molecule has 0 aromatic rings. The first kappa shape index (κ1) is 6.81. The highest BCUT2D eigenvalue weighted by Crippen LogP contribution is 2.25. The van der Waals surface area contributed by atoms with Crippen molar-refractivity contribution in [2.45, 2.75) is 32.3 Å². The van der Waals surface area contributed by atoms with Crippen molar-refractivity contribution >= 4 is 0 Å². The number of rotatable bonds is 2. The van der Waals surface area contributed by atoms with Crippen LogP contribution < -0.4 is 0 Å². The van der Waals surface area contributed by atoms with Gasteiger partial charge in [-0.25, -0.2) is 0 Å². The Labute approximate surface area is 56.7 Å². The summed E-state index contributed by atoms with van der Waals surface area (Å²) in [6.45, 7) is 5.00. The van der Waals surface area contributed by atoms with Gasteiger partial charge < -0.3 is 4.74 Å². The molecule has 0 saturated carbocycles. The summed E-state index contributed by atoms with van der Waals surface area (Å²) in [5.74, 6) is 0. The van der Waals surface area contributed by atoms with Gasteiger partial charge in [0.15, 0.2) is 0 Å². The highest BCUT2D eigenvalue weighted by Gasteiger charge is 2.23. The highest BCUT2D eigenvalue weighted by atomic mass is 16.5. The van der Waals surface area contributed by atoms with Gasteiger partial charge in [-0.3, -0.25) is 0 Å². The third kappa shape index (κ3) is 1.55. The summed E-state index contributed by atoms with van der Waals surface area (Å²) in [6, 6.07) is 0. The first-order valence-electron chi connectivity index (χ1n) is 3.58. The fourth-order valence-electron chi connectivity index (χ4n) is 1.24. The molecule has 52 valence electrons. The molecule has 0 amide bonds. The summed E-state index contributed by atoms with van der Waals surface area (Å²) in [7, 11) is 0. The van der Waals surface area contributed by atoms with Crippen molar-refractivity contribution < 1.29 is 4.74 Å². The van der Waals surface area contributed by atoms with Crippen molar-refractivity contribution in [3.8, 4) is 0 Å². The average Bonchev–Trinajstić information content (AvgIpc) is 2.16. The maximum absolute atomic E-state index is 5.50. The minimum Gasteiger partial charge on any atom is -0.371 e. The Morgan fingerprint density at radius 3 is 2.89 bits per heavy atom. The Balaban J connectivity index is 2.42. The van der Waals surface area contributed by atoms with Crippen molar-refractivity contribution in [1.82, 2.24) is 0 Å². The van der Waals surface area contributed by atoms with Gasteiger partial charge in [0, 0.05) is 6.61 Å². The lowest BCUT2D eigenvalue weighted by atomic mass is 10.1. The Kier molecular flexibility index (Phi) is 1.91. The Morgan fingerprint density at radius 1 is 1.67 bits per heavy atom. The summed E-state index contributed by atoms with van der Waals surface area (Å²) in [5.41, 5.74) is 0.0642. The lowest BCUT2D eigenvalue weighted by molar-refractivity contribution is 0.0141. The average molecular weight is 126 g/mol. The van der Waals surface area contributed by atoms with E-state index in [2.05, 4.69) is 19.1 Å². The third-order valence-corrected chi connectivity index (χ3v) is 1.75. The Hall–Kier alpha value is -0.300. The zero-order valence-electron chi connectivity index (χ0n) is 6.18. The van der Waals surface area contributed by atoms with Gasteiger partial charge in [0.25, 0.3) is 0 Å². The Bertz CT molecular complexity index is 118. The second-order valence-corrected chi connectivity index (χ2v) is 2.69. The van der Waals surface area contributed by atoms with Gasteiger partial charge in [-0.05, 0) is 26.7 Å². The molecule has 0 aromatic heterocycles. The van der Waals surface area contributed by atoms with E-state index < -0.39 is 0 Å². The number of ether oxygens (including phenoxy) is 1. The van der Waals surface area contributed by atoms with Gasteiger partial charge in [-0.1, -0.05) is 12.2 Å². The predicted molar refractivity (Wildman–Crippen MR) is 38.4 cm³/mol. The number of hydrogen-bond acceptors (Lipinski definition) is 1. The van der Waals surface area contributed by atoms with Crippen molar-refractivity contribution in [2.24, 2.45) is 0 Å². The van der Waals surface area contributed by atoms with Crippen LogP contribution in [0.15, 0.2) is 12.2 Å². The molecule has 0 aliphatic heterocycles. The maximum Gasteiger partial charge on any atom is 0.0837 e. The van der Waals surface area contributed by atoms with Crippen LogP contribution in [0, 0.1) is 0 Å². The molecular formula is C8H14O. The van der Waals surface area contributed by atoms with Crippen molar-refractivity contribution in [1.29, 1.82) is 0 Å². The second-order valence-electron chi connectivity index (χ2n) is 2.69. The van der Waals surface area contributed by atoms with Gasteiger partial charge in [0.2, 0.25) is 0 Å². The smallest absolute Gasteiger partial charge is 0.0837 e. The molecule has 1 unspecified atom stereocenters. The van der Waals surface area contributed by atoms with Gasteiger partial charge in [0.05, 0.1) is 5.60 Å². The zero-order chi connectivity index (χ0) is 6.74. The largest absolute Gasteiger partial charge is 0.371 e. The molecule has 0 radical (unpaired) electrons. The van der Waals surface area contributed by atoms with E-state index in [0.29, 0.717) is 0 Å². The predicted octanol–water partition coefficient (Wildman–Crippen LogP) is 2.13. The van der Waals surface area contributed by atoms with Crippen LogP contribution in [0.5, 0.6) is 0 Å². The van der Waals surface area contributed by atoms with Gasteiger partial charge in [-0.15, -0.1) is 0 Å². The normalized spacial score (nSPS) is 33.6. The minimum atomic E-state index is 0.0642. The number of allylic oxidation sites excluding steroid dienone is 1. The van der Waals surface area contributed by atoms with Crippen LogP contribution in [0.3, 0.4) is 0 Å². The molecule has 1 aliphatic rings. The van der Waals surface area contributed by atoms with Crippen LogP contribution in [0.1, 0.15) is 26.7 Å². The molecule has 0 N–H and O–H groups in total. The molecule has 0 aromatic carbocycles. The summed E-state index contributed by atoms with van der Waals surface area (Å²) in [6.07, 6.45) is 6.68. The monoisotopic (exact) mass is 126 g/mol. The van der Waals surface area contributed by atoms with Crippen molar-refractivity contribution in [3.63, 3.8) is 0 Å². The standard InChI is InChI=1S/C8H14O/c1-3-9-8(2)6-4-5-7-8/h4,6H,3,5,7H2,1-2H3. The fraction of sp³-hybridized carbons (Fsp3) is 0.750. The minimum absolute atomic E-state index is 0.0642. The van der Waals surface area contributed by atoms with E-state index >= 15 is 0 Å². The molecule has 0 heterocycles. The number of hydrogen-bond donors (Lipinski definition) is 0. The van der Waals surface area contributed by atoms with E-state index in [9.17, 15) is 0 Å². The highest BCUT2D eigenvalue weighted by molar-refractivity contribution is 5.06. The molecule has 0 saturated heterocycles. The molecule has 1 heteroatoms. The first-order chi connectivity index (χ1) is 4.27. The van der Waals surface area contributed by atoms with Crippen molar-refractivity contribution in [3.05, 3.63) is 12.2 Å². The van der Waals surface area contributed by atoms with Crippen LogP contribution in [0.2, 0.25) is 0 Å². The third-order valence-electron chi connectivity index (χ3n) is 1.75. The summed E-state index contributed by atoms with van der Waals surface area (Å²) in [5, 5.41) is 0. The van der Waals surface area contributed by atoms with E-state index in [1.165, 1.54) is 6.42 Å². The van der Waals surface area contributed by atoms with Crippen LogP contribution in [-0.4, -0.2) is 12.2 Å². The van der Waals surface area contributed by atoms with Crippen LogP contribution in [-0.2, 0) is 4.74 Å². The van der Waals surface area contributed by atoms with Crippen molar-refractivity contribution in [2.75, 3.05) is 6.61 Å². The molecule has 1 aliphatic carbocycles. The molecule has 9 heavy (non-hydrogen) atoms. The fourth-order valence-corrected chi connectivity index (χ4v) is 1.24. The molecule has 0 fully saturated rings. The van der Waals surface area contributed by atoms with E-state index in [0.717, 1.165) is 13.0 Å². The summed E-state index contributed by atoms with van der Waals surface area (Å²) < 4.78 is 5.50.